The SMILES string of the molecule is O=C(COc1ccc2oc(-c3ccc(Cl)cc3)cc(=O)c2c1)Nc1cccc2ccccc12. The minimum atomic E-state index is -0.295. The number of halogens is 1. The summed E-state index contributed by atoms with van der Waals surface area (Å²) in [5.41, 5.74) is 1.70. The van der Waals surface area contributed by atoms with Crippen LogP contribution in [0.1, 0.15) is 0 Å². The molecule has 0 aliphatic heterocycles. The summed E-state index contributed by atoms with van der Waals surface area (Å²) in [5, 5.41) is 5.85. The van der Waals surface area contributed by atoms with Crippen molar-refractivity contribution in [3.63, 3.8) is 0 Å². The molecule has 0 bridgehead atoms. The molecule has 0 aliphatic carbocycles. The van der Waals surface area contributed by atoms with Crippen molar-refractivity contribution in [1.82, 2.24) is 0 Å². The summed E-state index contributed by atoms with van der Waals surface area (Å²) in [5.74, 6) is 0.561. The fourth-order valence-electron chi connectivity index (χ4n) is 3.65. The minimum absolute atomic E-state index is 0.192. The van der Waals surface area contributed by atoms with Gasteiger partial charge in [-0.05, 0) is 53.9 Å². The molecule has 0 saturated carbocycles. The Morgan fingerprint density at radius 2 is 1.67 bits per heavy atom. The van der Waals surface area contributed by atoms with Crippen LogP contribution in [-0.2, 0) is 4.79 Å². The predicted molar refractivity (Wildman–Crippen MR) is 131 cm³/mol. The Kier molecular flexibility index (Phi) is 5.55. The highest BCUT2D eigenvalue weighted by atomic mass is 35.5. The lowest BCUT2D eigenvalue weighted by Crippen LogP contribution is -2.20. The van der Waals surface area contributed by atoms with E-state index in [1.807, 2.05) is 42.5 Å². The van der Waals surface area contributed by atoms with Crippen LogP contribution in [-0.4, -0.2) is 12.5 Å². The molecular weight excluding hydrogens is 438 g/mol. The molecule has 5 aromatic rings. The summed E-state index contributed by atoms with van der Waals surface area (Å²) in [6.07, 6.45) is 0. The summed E-state index contributed by atoms with van der Waals surface area (Å²) in [6, 6.07) is 26.9. The molecule has 33 heavy (non-hydrogen) atoms. The van der Waals surface area contributed by atoms with Crippen LogP contribution in [0.5, 0.6) is 5.75 Å². The number of carbonyl (C=O) groups excluding carboxylic acids is 1. The quantitative estimate of drug-likeness (QED) is 0.338. The maximum atomic E-state index is 12.7. The van der Waals surface area contributed by atoms with Gasteiger partial charge in [-0.15, -0.1) is 0 Å². The maximum absolute atomic E-state index is 12.7. The predicted octanol–water partition coefficient (Wildman–Crippen LogP) is 6.28. The second-order valence-corrected chi connectivity index (χ2v) is 7.94. The zero-order valence-corrected chi connectivity index (χ0v) is 18.1. The van der Waals surface area contributed by atoms with E-state index in [-0.39, 0.29) is 17.9 Å². The van der Waals surface area contributed by atoms with E-state index >= 15 is 0 Å². The smallest absolute Gasteiger partial charge is 0.262 e. The fourth-order valence-corrected chi connectivity index (χ4v) is 3.78. The monoisotopic (exact) mass is 455 g/mol. The first-order valence-corrected chi connectivity index (χ1v) is 10.7. The highest BCUT2D eigenvalue weighted by Crippen LogP contribution is 2.26. The molecule has 6 heteroatoms. The Morgan fingerprint density at radius 3 is 2.52 bits per heavy atom. The summed E-state index contributed by atoms with van der Waals surface area (Å²) in [7, 11) is 0. The molecule has 0 atom stereocenters. The third kappa shape index (κ3) is 4.45. The summed E-state index contributed by atoms with van der Waals surface area (Å²) in [4.78, 5) is 25.1. The number of rotatable bonds is 5. The molecule has 1 amide bonds. The van der Waals surface area contributed by atoms with Gasteiger partial charge >= 0.3 is 0 Å². The number of hydrogen-bond donors (Lipinski definition) is 1. The van der Waals surface area contributed by atoms with Crippen molar-refractivity contribution in [3.8, 4) is 17.1 Å². The number of nitrogens with one attached hydrogen (secondary N) is 1. The maximum Gasteiger partial charge on any atom is 0.262 e. The Morgan fingerprint density at radius 1 is 0.879 bits per heavy atom. The molecule has 5 rings (SSSR count). The van der Waals surface area contributed by atoms with E-state index in [4.69, 9.17) is 20.8 Å². The van der Waals surface area contributed by atoms with Crippen LogP contribution in [0.2, 0.25) is 5.02 Å². The van der Waals surface area contributed by atoms with Crippen LogP contribution >= 0.6 is 11.6 Å². The summed E-state index contributed by atoms with van der Waals surface area (Å²) < 4.78 is 11.5. The normalized spacial score (nSPS) is 10.9. The van der Waals surface area contributed by atoms with E-state index in [1.165, 1.54) is 6.07 Å². The molecule has 0 saturated heterocycles. The van der Waals surface area contributed by atoms with Gasteiger partial charge in [-0.25, -0.2) is 0 Å². The van der Waals surface area contributed by atoms with Crippen molar-refractivity contribution in [2.24, 2.45) is 0 Å². The topological polar surface area (TPSA) is 68.5 Å². The molecule has 0 unspecified atom stereocenters. The van der Waals surface area contributed by atoms with Crippen molar-refractivity contribution in [1.29, 1.82) is 0 Å². The van der Waals surface area contributed by atoms with Crippen LogP contribution in [0.4, 0.5) is 5.69 Å². The Balaban J connectivity index is 1.32. The standard InChI is InChI=1S/C27H18ClNO4/c28-19-10-8-18(9-11-19)26-15-24(30)22-14-20(12-13-25(22)33-26)32-16-27(31)29-23-7-3-5-17-4-1-2-6-21(17)23/h1-15H,16H2,(H,29,31). The number of hydrogen-bond acceptors (Lipinski definition) is 4. The van der Waals surface area contributed by atoms with E-state index in [9.17, 15) is 9.59 Å². The van der Waals surface area contributed by atoms with Crippen LogP contribution in [0, 0.1) is 0 Å². The Bertz CT molecular complexity index is 1530. The lowest BCUT2D eigenvalue weighted by molar-refractivity contribution is -0.118. The van der Waals surface area contributed by atoms with Gasteiger partial charge in [-0.1, -0.05) is 48.0 Å². The third-order valence-corrected chi connectivity index (χ3v) is 5.51. The number of ether oxygens (including phenoxy) is 1. The molecule has 0 radical (unpaired) electrons. The lowest BCUT2D eigenvalue weighted by atomic mass is 10.1. The fraction of sp³-hybridized carbons (Fsp3) is 0.0370. The summed E-state index contributed by atoms with van der Waals surface area (Å²) >= 11 is 5.93. The van der Waals surface area contributed by atoms with Crippen LogP contribution < -0.4 is 15.5 Å². The van der Waals surface area contributed by atoms with Crippen LogP contribution in [0.15, 0.2) is 100 Å². The zero-order chi connectivity index (χ0) is 22.8. The number of benzene rings is 4. The highest BCUT2D eigenvalue weighted by molar-refractivity contribution is 6.30. The number of amides is 1. The van der Waals surface area contributed by atoms with Crippen LogP contribution in [0.3, 0.4) is 0 Å². The Labute approximate surface area is 194 Å². The van der Waals surface area contributed by atoms with Gasteiger partial charge in [0.15, 0.2) is 12.0 Å². The molecule has 1 N–H and O–H groups in total. The van der Waals surface area contributed by atoms with Crippen molar-refractivity contribution in [2.75, 3.05) is 11.9 Å². The van der Waals surface area contributed by atoms with Gasteiger partial charge in [-0.3, -0.25) is 9.59 Å². The first-order chi connectivity index (χ1) is 16.1. The highest BCUT2D eigenvalue weighted by Gasteiger charge is 2.10. The zero-order valence-electron chi connectivity index (χ0n) is 17.4. The summed E-state index contributed by atoms with van der Waals surface area (Å²) in [6.45, 7) is -0.192. The van der Waals surface area contributed by atoms with E-state index in [0.29, 0.717) is 27.5 Å². The van der Waals surface area contributed by atoms with Gasteiger partial charge in [0, 0.05) is 27.7 Å². The Hall–Kier alpha value is -4.09. The molecule has 5 nitrogen and oxygen atoms in total. The molecule has 0 aliphatic rings. The van der Waals surface area contributed by atoms with Gasteiger partial charge in [0.2, 0.25) is 0 Å². The minimum Gasteiger partial charge on any atom is -0.484 e. The lowest BCUT2D eigenvalue weighted by Gasteiger charge is -2.10. The first kappa shape index (κ1) is 20.8. The van der Waals surface area contributed by atoms with Gasteiger partial charge < -0.3 is 14.5 Å². The van der Waals surface area contributed by atoms with Gasteiger partial charge in [0.1, 0.15) is 17.1 Å². The van der Waals surface area contributed by atoms with Gasteiger partial charge in [0.25, 0.3) is 5.91 Å². The van der Waals surface area contributed by atoms with E-state index in [0.717, 1.165) is 22.0 Å². The molecule has 1 heterocycles. The van der Waals surface area contributed by atoms with Crippen molar-refractivity contribution in [2.45, 2.75) is 0 Å². The van der Waals surface area contributed by atoms with Crippen LogP contribution in [0.25, 0.3) is 33.1 Å². The molecule has 4 aromatic carbocycles. The van der Waals surface area contributed by atoms with Crippen molar-refractivity contribution < 1.29 is 13.9 Å². The van der Waals surface area contributed by atoms with Gasteiger partial charge in [-0.2, -0.15) is 0 Å². The van der Waals surface area contributed by atoms with E-state index in [1.54, 1.807) is 42.5 Å². The van der Waals surface area contributed by atoms with Crippen molar-refractivity contribution >= 4 is 44.9 Å². The molecule has 1 aromatic heterocycles. The molecule has 0 fully saturated rings. The van der Waals surface area contributed by atoms with E-state index < -0.39 is 0 Å². The van der Waals surface area contributed by atoms with Gasteiger partial charge in [0.05, 0.1) is 5.39 Å². The van der Waals surface area contributed by atoms with Crippen molar-refractivity contribution in [3.05, 3.63) is 106 Å². The molecular formula is C27H18ClNO4. The average molecular weight is 456 g/mol. The number of carbonyl (C=O) groups is 1. The second kappa shape index (κ2) is 8.81. The third-order valence-electron chi connectivity index (χ3n) is 5.26. The first-order valence-electron chi connectivity index (χ1n) is 10.3. The molecule has 162 valence electrons. The second-order valence-electron chi connectivity index (χ2n) is 7.50. The van der Waals surface area contributed by atoms with E-state index in [2.05, 4.69) is 5.32 Å². The number of fused-ring (bicyclic) bond motifs is 2. The number of anilines is 1. The average Bonchev–Trinajstić information content (AvgIpc) is 2.83. The largest absolute Gasteiger partial charge is 0.484 e. The molecule has 0 spiro atoms.